The van der Waals surface area contributed by atoms with Crippen LogP contribution in [0, 0.1) is 50.7 Å². The minimum Gasteiger partial charge on any atom is -0.463 e. The Morgan fingerprint density at radius 3 is 2.22 bits per heavy atom. The number of hydrogen-bond acceptors (Lipinski definition) is 5. The topological polar surface area (TPSA) is 78.6 Å². The normalized spacial score (nSPS) is 40.5. The van der Waals surface area contributed by atoms with E-state index in [9.17, 15) is 9.59 Å². The van der Waals surface area contributed by atoms with Gasteiger partial charge in [0.25, 0.3) is 0 Å². The molecule has 1 aromatic rings. The maximum atomic E-state index is 12.8. The molecule has 0 aliphatic heterocycles. The zero-order chi connectivity index (χ0) is 36.7. The predicted octanol–water partition coefficient (Wildman–Crippen LogP) is 10.5. The summed E-state index contributed by atoms with van der Waals surface area (Å²) < 4.78 is 11.0. The van der Waals surface area contributed by atoms with Crippen LogP contribution in [0.25, 0.3) is 5.57 Å². The van der Waals surface area contributed by atoms with Gasteiger partial charge < -0.3 is 15.2 Å². The first-order valence-electron chi connectivity index (χ1n) is 19.5. The SMILES string of the molecule is C=C(C)[C@@H]1CCC2(/C=C/C(=O)OCC)CC[C@@]3(C)[C@]4(C)CC[C@H]5C(C)(C)C(c6ccc(C(=O)OC(C)(C)C)cc6)=CC[C@]5(C)C4CC[C@]3(N)C12. The van der Waals surface area contributed by atoms with Gasteiger partial charge in [0.2, 0.25) is 0 Å². The second-order valence-electron chi connectivity index (χ2n) is 19.4. The molecule has 4 saturated carbocycles. The van der Waals surface area contributed by atoms with Gasteiger partial charge in [-0.15, -0.1) is 0 Å². The maximum absolute atomic E-state index is 12.8. The average Bonchev–Trinajstić information content (AvgIpc) is 3.42. The molecule has 5 aliphatic rings. The van der Waals surface area contributed by atoms with Crippen LogP contribution in [0.15, 0.2) is 54.6 Å². The highest BCUT2D eigenvalue weighted by molar-refractivity contribution is 5.90. The number of benzene rings is 1. The zero-order valence-corrected chi connectivity index (χ0v) is 32.8. The largest absolute Gasteiger partial charge is 0.463 e. The molecule has 274 valence electrons. The van der Waals surface area contributed by atoms with Gasteiger partial charge in [-0.3, -0.25) is 0 Å². The number of carbonyl (C=O) groups excluding carboxylic acids is 2. The Bertz CT molecular complexity index is 1590. The third kappa shape index (κ3) is 5.41. The average molecular weight is 684 g/mol. The van der Waals surface area contributed by atoms with Crippen molar-refractivity contribution in [2.45, 2.75) is 138 Å². The van der Waals surface area contributed by atoms with E-state index in [1.165, 1.54) is 29.6 Å². The molecule has 0 spiro atoms. The van der Waals surface area contributed by atoms with Crippen molar-refractivity contribution in [3.05, 3.63) is 65.8 Å². The van der Waals surface area contributed by atoms with Crippen molar-refractivity contribution in [3.63, 3.8) is 0 Å². The van der Waals surface area contributed by atoms with Crippen LogP contribution in [0.5, 0.6) is 0 Å². The molecule has 5 heteroatoms. The van der Waals surface area contributed by atoms with Crippen LogP contribution in [-0.4, -0.2) is 29.7 Å². The van der Waals surface area contributed by atoms with Crippen LogP contribution in [0.4, 0.5) is 0 Å². The Balaban J connectivity index is 1.33. The van der Waals surface area contributed by atoms with E-state index in [1.807, 2.05) is 39.8 Å². The molecule has 4 fully saturated rings. The van der Waals surface area contributed by atoms with E-state index < -0.39 is 5.60 Å². The lowest BCUT2D eigenvalue weighted by Gasteiger charge is -2.75. The minimum absolute atomic E-state index is 0.0178. The molecule has 0 saturated heterocycles. The number of allylic oxidation sites excluding steroid dienone is 4. The summed E-state index contributed by atoms with van der Waals surface area (Å²) in [7, 11) is 0. The number of hydrogen-bond donors (Lipinski definition) is 1. The van der Waals surface area contributed by atoms with Gasteiger partial charge in [0.05, 0.1) is 12.2 Å². The van der Waals surface area contributed by atoms with Crippen molar-refractivity contribution in [1.29, 1.82) is 0 Å². The van der Waals surface area contributed by atoms with E-state index in [2.05, 4.69) is 72.4 Å². The molecule has 9 atom stereocenters. The molecule has 6 rings (SSSR count). The van der Waals surface area contributed by atoms with E-state index in [-0.39, 0.29) is 50.5 Å². The van der Waals surface area contributed by atoms with Gasteiger partial charge in [0.1, 0.15) is 5.60 Å². The summed E-state index contributed by atoms with van der Waals surface area (Å²) in [4.78, 5) is 25.4. The van der Waals surface area contributed by atoms with Crippen molar-refractivity contribution in [1.82, 2.24) is 0 Å². The van der Waals surface area contributed by atoms with Gasteiger partial charge in [-0.25, -0.2) is 9.59 Å². The number of fused-ring (bicyclic) bond motifs is 7. The fourth-order valence-electron chi connectivity index (χ4n) is 13.3. The van der Waals surface area contributed by atoms with E-state index >= 15 is 0 Å². The van der Waals surface area contributed by atoms with Gasteiger partial charge in [0.15, 0.2) is 0 Å². The molecule has 0 heterocycles. The van der Waals surface area contributed by atoms with E-state index in [4.69, 9.17) is 15.2 Å². The van der Waals surface area contributed by atoms with Gasteiger partial charge in [0, 0.05) is 11.6 Å². The maximum Gasteiger partial charge on any atom is 0.338 e. The lowest BCUT2D eigenvalue weighted by atomic mass is 9.30. The summed E-state index contributed by atoms with van der Waals surface area (Å²) in [6.07, 6.45) is 16.3. The molecule has 0 aromatic heterocycles. The molecular weight excluding hydrogens is 618 g/mol. The van der Waals surface area contributed by atoms with Gasteiger partial charge in [-0.1, -0.05) is 71.1 Å². The van der Waals surface area contributed by atoms with Gasteiger partial charge >= 0.3 is 11.9 Å². The Hall–Kier alpha value is -2.66. The zero-order valence-electron chi connectivity index (χ0n) is 32.8. The standard InChI is InChI=1S/C45H65NO4/c1-12-49-36(47)21-25-44-24-17-32(29(2)3)37(44)45(46)26-20-35-41(9)22-18-33(30-13-15-31(16-14-30)38(48)50-39(4,5)6)40(7,8)34(41)19-23-42(35,10)43(45,11)27-28-44/h13-16,18,21,25,32,34-35,37H,2,12,17,19-20,22-24,26-28,46H2,1,3-11H3/b25-21+/t32-,34-,35?,37?,41-,42+,43-,44?,45-/m0/s1. The smallest absolute Gasteiger partial charge is 0.338 e. The summed E-state index contributed by atoms with van der Waals surface area (Å²) >= 11 is 0. The highest BCUT2D eigenvalue weighted by Crippen LogP contribution is 2.78. The van der Waals surface area contributed by atoms with Gasteiger partial charge in [-0.2, -0.15) is 0 Å². The van der Waals surface area contributed by atoms with Crippen LogP contribution in [-0.2, 0) is 14.3 Å². The summed E-state index contributed by atoms with van der Waals surface area (Å²) in [6.45, 7) is 27.4. The van der Waals surface area contributed by atoms with Crippen LogP contribution >= 0.6 is 0 Å². The Morgan fingerprint density at radius 2 is 1.60 bits per heavy atom. The molecule has 3 unspecified atom stereocenters. The van der Waals surface area contributed by atoms with Crippen LogP contribution < -0.4 is 5.73 Å². The van der Waals surface area contributed by atoms with Crippen LogP contribution in [0.1, 0.15) is 143 Å². The first-order valence-corrected chi connectivity index (χ1v) is 19.5. The van der Waals surface area contributed by atoms with Crippen molar-refractivity contribution in [3.8, 4) is 0 Å². The van der Waals surface area contributed by atoms with E-state index in [0.29, 0.717) is 29.9 Å². The molecule has 0 amide bonds. The molecule has 0 radical (unpaired) electrons. The second kappa shape index (κ2) is 12.2. The summed E-state index contributed by atoms with van der Waals surface area (Å²) in [5.41, 5.74) is 11.7. The Morgan fingerprint density at radius 1 is 0.940 bits per heavy atom. The molecule has 2 N–H and O–H groups in total. The van der Waals surface area contributed by atoms with E-state index in [1.54, 1.807) is 6.08 Å². The molecule has 1 aromatic carbocycles. The fourth-order valence-corrected chi connectivity index (χ4v) is 13.3. The van der Waals surface area contributed by atoms with E-state index in [0.717, 1.165) is 44.9 Å². The quantitative estimate of drug-likeness (QED) is 0.183. The Kier molecular flexibility index (Phi) is 9.06. The summed E-state index contributed by atoms with van der Waals surface area (Å²) in [6, 6.07) is 8.11. The second-order valence-corrected chi connectivity index (χ2v) is 19.4. The third-order valence-corrected chi connectivity index (χ3v) is 15.6. The van der Waals surface area contributed by atoms with Crippen LogP contribution in [0.3, 0.4) is 0 Å². The monoisotopic (exact) mass is 683 g/mol. The Labute approximate surface area is 302 Å². The van der Waals surface area contributed by atoms with Crippen molar-refractivity contribution in [2.75, 3.05) is 6.61 Å². The number of ether oxygens (including phenoxy) is 2. The predicted molar refractivity (Wildman–Crippen MR) is 203 cm³/mol. The van der Waals surface area contributed by atoms with Crippen molar-refractivity contribution in [2.24, 2.45) is 56.5 Å². The number of nitrogens with two attached hydrogens (primary N) is 1. The first kappa shape index (κ1) is 37.1. The minimum atomic E-state index is -0.519. The molecular formula is C45H65NO4. The third-order valence-electron chi connectivity index (χ3n) is 15.6. The lowest BCUT2D eigenvalue weighted by Crippen LogP contribution is -2.76. The first-order chi connectivity index (χ1) is 23.2. The summed E-state index contributed by atoms with van der Waals surface area (Å²) in [5.74, 6) is 1.21. The van der Waals surface area contributed by atoms with Crippen molar-refractivity contribution >= 4 is 17.5 Å². The van der Waals surface area contributed by atoms with Crippen LogP contribution in [0.2, 0.25) is 0 Å². The highest BCUT2D eigenvalue weighted by atomic mass is 16.6. The summed E-state index contributed by atoms with van der Waals surface area (Å²) in [5, 5.41) is 0. The number of carbonyl (C=O) groups is 2. The molecule has 5 nitrogen and oxygen atoms in total. The fraction of sp³-hybridized carbons (Fsp3) is 0.689. The number of rotatable bonds is 6. The number of esters is 2. The molecule has 0 bridgehead atoms. The van der Waals surface area contributed by atoms with Gasteiger partial charge in [-0.05, 0) is 166 Å². The van der Waals surface area contributed by atoms with Crippen molar-refractivity contribution < 1.29 is 19.1 Å². The molecule has 50 heavy (non-hydrogen) atoms. The lowest BCUT2D eigenvalue weighted by molar-refractivity contribution is -0.230. The molecule has 5 aliphatic carbocycles. The highest BCUT2D eigenvalue weighted by Gasteiger charge is 2.74.